The molecule has 0 spiro atoms. The summed E-state index contributed by atoms with van der Waals surface area (Å²) < 4.78 is 5.65. The van der Waals surface area contributed by atoms with Crippen molar-refractivity contribution < 1.29 is 19.1 Å². The van der Waals surface area contributed by atoms with E-state index in [9.17, 15) is 14.4 Å². The molecule has 0 radical (unpaired) electrons. The largest absolute Gasteiger partial charge is 0.480 e. The molecule has 0 aliphatic heterocycles. The van der Waals surface area contributed by atoms with E-state index in [1.165, 1.54) is 0 Å². The van der Waals surface area contributed by atoms with Crippen LogP contribution in [0.4, 0.5) is 0 Å². The van der Waals surface area contributed by atoms with Gasteiger partial charge in [0.25, 0.3) is 5.91 Å². The Morgan fingerprint density at radius 2 is 1.67 bits per heavy atom. The molecule has 0 heterocycles. The summed E-state index contributed by atoms with van der Waals surface area (Å²) in [7, 11) is 0. The Morgan fingerprint density at radius 3 is 2.27 bits per heavy atom. The zero-order chi connectivity index (χ0) is 24.6. The number of likely N-dealkylation sites (N-methyl/N-ethyl adjacent to an activating group) is 1. The van der Waals surface area contributed by atoms with Crippen LogP contribution in [0.1, 0.15) is 65.4 Å². The van der Waals surface area contributed by atoms with Crippen molar-refractivity contribution in [1.29, 1.82) is 0 Å². The lowest BCUT2D eigenvalue weighted by Crippen LogP contribution is -2.54. The van der Waals surface area contributed by atoms with Crippen LogP contribution in [0.15, 0.2) is 42.8 Å². The van der Waals surface area contributed by atoms with Crippen molar-refractivity contribution in [1.82, 2.24) is 16.0 Å². The second-order valence-corrected chi connectivity index (χ2v) is 8.63. The molecule has 0 bridgehead atoms. The normalized spacial score (nSPS) is 12.5. The zero-order valence-corrected chi connectivity index (χ0v) is 20.6. The van der Waals surface area contributed by atoms with E-state index in [-0.39, 0.29) is 18.2 Å². The average Bonchev–Trinajstić information content (AvgIpc) is 2.78. The second kappa shape index (κ2) is 15.9. The minimum atomic E-state index is -0.967. The molecule has 184 valence electrons. The van der Waals surface area contributed by atoms with Crippen molar-refractivity contribution in [3.05, 3.63) is 48.4 Å². The van der Waals surface area contributed by atoms with Crippen molar-refractivity contribution >= 4 is 17.6 Å². The van der Waals surface area contributed by atoms with Gasteiger partial charge in [-0.3, -0.25) is 14.4 Å². The Balaban J connectivity index is 2.86. The summed E-state index contributed by atoms with van der Waals surface area (Å²) in [6, 6.07) is 7.72. The van der Waals surface area contributed by atoms with Crippen molar-refractivity contribution in [2.45, 2.75) is 78.3 Å². The number of Topliss-reactive ketones (excluding diaryl/α,β-unsaturated/α-hetero) is 1. The predicted molar refractivity (Wildman–Crippen MR) is 131 cm³/mol. The highest BCUT2D eigenvalue weighted by Crippen LogP contribution is 2.10. The maximum atomic E-state index is 13.2. The van der Waals surface area contributed by atoms with E-state index in [1.54, 1.807) is 6.92 Å². The molecule has 3 N–H and O–H groups in total. The number of ether oxygens (including phenoxy) is 1. The number of carbonyl (C=O) groups excluding carboxylic acids is 3. The monoisotopic (exact) mass is 459 g/mol. The van der Waals surface area contributed by atoms with Gasteiger partial charge in [0.1, 0.15) is 12.1 Å². The molecule has 1 unspecified atom stereocenters. The average molecular weight is 460 g/mol. The molecule has 0 aromatic heterocycles. The van der Waals surface area contributed by atoms with E-state index in [0.29, 0.717) is 25.5 Å². The van der Waals surface area contributed by atoms with Crippen LogP contribution in [0.3, 0.4) is 0 Å². The smallest absolute Gasteiger partial charge is 0.289 e. The first-order valence-electron chi connectivity index (χ1n) is 12.0. The lowest BCUT2D eigenvalue weighted by Gasteiger charge is -2.25. The quantitative estimate of drug-likeness (QED) is 0.188. The number of benzene rings is 1. The Hall–Kier alpha value is -2.83. The molecule has 0 aliphatic rings. The zero-order valence-electron chi connectivity index (χ0n) is 20.6. The summed E-state index contributed by atoms with van der Waals surface area (Å²) >= 11 is 0. The lowest BCUT2D eigenvalue weighted by molar-refractivity contribution is -0.140. The highest BCUT2D eigenvalue weighted by atomic mass is 16.5. The van der Waals surface area contributed by atoms with Gasteiger partial charge in [0, 0.05) is 13.0 Å². The summed E-state index contributed by atoms with van der Waals surface area (Å²) in [6.07, 6.45) is 5.07. The molecule has 7 nitrogen and oxygen atoms in total. The van der Waals surface area contributed by atoms with Crippen molar-refractivity contribution in [3.8, 4) is 0 Å². The Bertz CT molecular complexity index is 749. The summed E-state index contributed by atoms with van der Waals surface area (Å²) in [5.41, 5.74) is 0.855. The summed E-state index contributed by atoms with van der Waals surface area (Å²) in [4.78, 5) is 38.2. The number of ketones is 1. The highest BCUT2D eigenvalue weighted by molar-refractivity contribution is 6.38. The third-order valence-electron chi connectivity index (χ3n) is 5.11. The Morgan fingerprint density at radius 1 is 0.970 bits per heavy atom. The van der Waals surface area contributed by atoms with Gasteiger partial charge in [0.15, 0.2) is 5.88 Å². The van der Waals surface area contributed by atoms with Crippen LogP contribution in [0.5, 0.6) is 0 Å². The van der Waals surface area contributed by atoms with E-state index in [0.717, 1.165) is 31.2 Å². The van der Waals surface area contributed by atoms with Crippen LogP contribution in [0.25, 0.3) is 0 Å². The maximum absolute atomic E-state index is 13.2. The lowest BCUT2D eigenvalue weighted by atomic mass is 9.99. The van der Waals surface area contributed by atoms with Gasteiger partial charge in [-0.15, -0.1) is 0 Å². The minimum Gasteiger partial charge on any atom is -0.480 e. The SMILES string of the molecule is C=C(NC(CC(C)C)C(=O)N[C@@H](Cc1ccccc1)C(=O)C(=O)NCC)OCCCCCC. The van der Waals surface area contributed by atoms with E-state index in [2.05, 4.69) is 29.5 Å². The second-order valence-electron chi connectivity index (χ2n) is 8.63. The molecule has 0 saturated carbocycles. The first-order chi connectivity index (χ1) is 15.8. The van der Waals surface area contributed by atoms with Gasteiger partial charge in [-0.05, 0) is 37.8 Å². The molecule has 7 heteroatoms. The van der Waals surface area contributed by atoms with Crippen molar-refractivity contribution in [2.75, 3.05) is 13.2 Å². The molecular weight excluding hydrogens is 418 g/mol. The fourth-order valence-electron chi connectivity index (χ4n) is 3.40. The topological polar surface area (TPSA) is 96.5 Å². The molecule has 2 atom stereocenters. The van der Waals surface area contributed by atoms with Gasteiger partial charge in [-0.2, -0.15) is 0 Å². The number of unbranched alkanes of at least 4 members (excludes halogenated alkanes) is 3. The van der Waals surface area contributed by atoms with Gasteiger partial charge in [-0.1, -0.05) is 70.4 Å². The first kappa shape index (κ1) is 28.2. The van der Waals surface area contributed by atoms with Crippen LogP contribution in [0.2, 0.25) is 0 Å². The van der Waals surface area contributed by atoms with Crippen molar-refractivity contribution in [2.24, 2.45) is 5.92 Å². The number of rotatable bonds is 17. The molecule has 2 amide bonds. The van der Waals surface area contributed by atoms with Crippen LogP contribution in [-0.2, 0) is 25.5 Å². The highest BCUT2D eigenvalue weighted by Gasteiger charge is 2.30. The molecule has 1 aromatic rings. The van der Waals surface area contributed by atoms with E-state index < -0.39 is 23.8 Å². The number of hydrogen-bond acceptors (Lipinski definition) is 5. The standard InChI is InChI=1S/C26H41N3O4/c1-6-8-9-13-16-33-20(5)28-23(17-19(3)4)25(31)29-22(24(30)26(32)27-7-2)18-21-14-11-10-12-15-21/h10-12,14-15,19,22-23,28H,5-9,13,16-18H2,1-4H3,(H,27,32)(H,29,31)/t22-,23?/m0/s1. The van der Waals surface area contributed by atoms with Crippen LogP contribution in [-0.4, -0.2) is 42.8 Å². The number of carbonyl (C=O) groups is 3. The number of amides is 2. The predicted octanol–water partition coefficient (Wildman–Crippen LogP) is 3.49. The van der Waals surface area contributed by atoms with Gasteiger partial charge >= 0.3 is 0 Å². The third-order valence-corrected chi connectivity index (χ3v) is 5.11. The Kier molecular flexibility index (Phi) is 13.6. The van der Waals surface area contributed by atoms with Gasteiger partial charge in [-0.25, -0.2) is 0 Å². The summed E-state index contributed by atoms with van der Waals surface area (Å²) in [6.45, 7) is 12.7. The molecule has 1 rings (SSSR count). The Labute approximate surface area is 198 Å². The molecule has 0 fully saturated rings. The first-order valence-corrected chi connectivity index (χ1v) is 12.0. The van der Waals surface area contributed by atoms with E-state index >= 15 is 0 Å². The molecule has 1 aromatic carbocycles. The van der Waals surface area contributed by atoms with Crippen LogP contribution in [0, 0.1) is 5.92 Å². The summed E-state index contributed by atoms with van der Waals surface area (Å²) in [5, 5.41) is 8.38. The number of nitrogens with one attached hydrogen (secondary N) is 3. The van der Waals surface area contributed by atoms with Gasteiger partial charge in [0.05, 0.1) is 6.61 Å². The molecule has 0 aliphatic carbocycles. The maximum Gasteiger partial charge on any atom is 0.289 e. The molecule has 33 heavy (non-hydrogen) atoms. The van der Waals surface area contributed by atoms with E-state index in [1.807, 2.05) is 44.2 Å². The third kappa shape index (κ3) is 11.6. The van der Waals surface area contributed by atoms with Gasteiger partial charge < -0.3 is 20.7 Å². The number of hydrogen-bond donors (Lipinski definition) is 3. The molecular formula is C26H41N3O4. The molecule has 0 saturated heterocycles. The summed E-state index contributed by atoms with van der Waals surface area (Å²) in [5.74, 6) is -1.17. The van der Waals surface area contributed by atoms with Crippen molar-refractivity contribution in [3.63, 3.8) is 0 Å². The minimum absolute atomic E-state index is 0.220. The fourth-order valence-corrected chi connectivity index (χ4v) is 3.40. The fraction of sp³-hybridized carbons (Fsp3) is 0.577. The van der Waals surface area contributed by atoms with E-state index in [4.69, 9.17) is 4.74 Å². The van der Waals surface area contributed by atoms with Gasteiger partial charge in [0.2, 0.25) is 11.7 Å². The van der Waals surface area contributed by atoms with Crippen LogP contribution < -0.4 is 16.0 Å². The van der Waals surface area contributed by atoms with Crippen LogP contribution >= 0.6 is 0 Å².